The average Bonchev–Trinajstić information content (AvgIpc) is 0.767. The van der Waals surface area contributed by atoms with E-state index >= 15 is 0 Å². The highest BCUT2D eigenvalue weighted by atomic mass is 16.8. The summed E-state index contributed by atoms with van der Waals surface area (Å²) < 4.78 is 113. The van der Waals surface area contributed by atoms with E-state index < -0.39 is 414 Å². The molecule has 10 aliphatic rings. The summed E-state index contributed by atoms with van der Waals surface area (Å²) in [7, 11) is 0. The smallest absolute Gasteiger partial charge is 0.364 e. The second-order valence-corrected chi connectivity index (χ2v) is 33.2. The third-order valence-electron chi connectivity index (χ3n) is 23.8. The van der Waals surface area contributed by atoms with Crippen LogP contribution in [-0.4, -0.2) is 550 Å². The Hall–Kier alpha value is -5.02. The molecule has 756 valence electrons. The highest BCUT2D eigenvalue weighted by Gasteiger charge is 2.63. The minimum Gasteiger partial charge on any atom is -0.477 e. The fourth-order valence-corrected chi connectivity index (χ4v) is 16.8. The van der Waals surface area contributed by atoms with Crippen LogP contribution in [0.3, 0.4) is 0 Å². The molecule has 10 fully saturated rings. The Bertz CT molecular complexity index is 3670. The Morgan fingerprint density at radius 1 is 0.328 bits per heavy atom. The number of aliphatic carboxylic acids is 1. The van der Waals surface area contributed by atoms with Gasteiger partial charge >= 0.3 is 5.97 Å². The summed E-state index contributed by atoms with van der Waals surface area (Å²) in [5, 5.41) is 325. The minimum absolute atomic E-state index is 0.846. The van der Waals surface area contributed by atoms with E-state index in [2.05, 4.69) is 26.6 Å². The lowest BCUT2D eigenvalue weighted by Crippen LogP contribution is -2.71. The van der Waals surface area contributed by atoms with E-state index in [9.17, 15) is 172 Å². The first-order valence-electron chi connectivity index (χ1n) is 41.6. The fourth-order valence-electron chi connectivity index (χ4n) is 16.8. The molecule has 58 nitrogen and oxygen atoms in total. The van der Waals surface area contributed by atoms with Gasteiger partial charge in [-0.05, 0) is 6.92 Å². The van der Waals surface area contributed by atoms with Crippen molar-refractivity contribution in [1.29, 1.82) is 0 Å². The molecule has 1 unspecified atom stereocenters. The van der Waals surface area contributed by atoms with E-state index in [0.29, 0.717) is 0 Å². The number of hydrogen-bond acceptors (Lipinski definition) is 52. The quantitative estimate of drug-likeness (QED) is 0.0280. The van der Waals surface area contributed by atoms with Crippen molar-refractivity contribution in [1.82, 2.24) is 26.6 Å². The third-order valence-corrected chi connectivity index (χ3v) is 23.8. The topological polar surface area (TPSA) is 904 Å². The van der Waals surface area contributed by atoms with E-state index in [1.54, 1.807) is 0 Å². The molecule has 0 saturated carbocycles. The van der Waals surface area contributed by atoms with Crippen LogP contribution < -0.4 is 26.6 Å². The number of carbonyl (C=O) groups excluding carboxylic acids is 5. The van der Waals surface area contributed by atoms with E-state index in [-0.39, 0.29) is 0 Å². The van der Waals surface area contributed by atoms with Gasteiger partial charge in [-0.15, -0.1) is 0 Å². The van der Waals surface area contributed by atoms with Crippen molar-refractivity contribution in [2.75, 3.05) is 59.5 Å². The summed E-state index contributed by atoms with van der Waals surface area (Å²) in [4.78, 5) is 76.7. The number of carbonyl (C=O) groups is 6. The van der Waals surface area contributed by atoms with Gasteiger partial charge in [-0.2, -0.15) is 0 Å². The van der Waals surface area contributed by atoms with Gasteiger partial charge in [0.1, 0.15) is 232 Å². The Kier molecular flexibility index (Phi) is 38.4. The first-order chi connectivity index (χ1) is 61.7. The van der Waals surface area contributed by atoms with E-state index in [1.807, 2.05) is 0 Å². The summed E-state index contributed by atoms with van der Waals surface area (Å²) >= 11 is 0. The molecule has 0 aromatic heterocycles. The summed E-state index contributed by atoms with van der Waals surface area (Å²) in [5.41, 5.74) is 0. The maximum Gasteiger partial charge on any atom is 0.364 e. The van der Waals surface area contributed by atoms with Crippen LogP contribution in [0.1, 0.15) is 48.0 Å². The molecule has 0 aromatic carbocycles. The molecule has 10 heterocycles. The van der Waals surface area contributed by atoms with Crippen LogP contribution in [0.4, 0.5) is 0 Å². The number of nitrogens with one attached hydrogen (secondary N) is 5. The molecule has 131 heavy (non-hydrogen) atoms. The van der Waals surface area contributed by atoms with Crippen molar-refractivity contribution in [3.8, 4) is 0 Å². The molecule has 33 N–H and O–H groups in total. The van der Waals surface area contributed by atoms with Gasteiger partial charge in [0, 0.05) is 41.0 Å². The Labute approximate surface area is 741 Å². The van der Waals surface area contributed by atoms with E-state index in [1.165, 1.54) is 6.92 Å². The van der Waals surface area contributed by atoms with Gasteiger partial charge in [0.25, 0.3) is 5.79 Å². The number of hydrogen-bond donors (Lipinski definition) is 33. The molecule has 0 aliphatic carbocycles. The van der Waals surface area contributed by atoms with Gasteiger partial charge in [0.2, 0.25) is 29.5 Å². The molecule has 58 heteroatoms. The molecule has 10 aliphatic heterocycles. The normalized spacial score (nSPS) is 47.5. The second kappa shape index (κ2) is 46.6. The lowest BCUT2D eigenvalue weighted by Gasteiger charge is -2.51. The van der Waals surface area contributed by atoms with E-state index in [0.717, 1.165) is 34.6 Å². The Morgan fingerprint density at radius 2 is 0.679 bits per heavy atom. The molecule has 10 saturated heterocycles. The lowest BCUT2D eigenvalue weighted by molar-refractivity contribution is -0.397. The van der Waals surface area contributed by atoms with Gasteiger partial charge in [0.15, 0.2) is 56.6 Å². The minimum atomic E-state index is -3.09. The zero-order chi connectivity index (χ0) is 96.9. The highest BCUT2D eigenvalue weighted by molar-refractivity contribution is 5.77. The van der Waals surface area contributed by atoms with Gasteiger partial charge < -0.3 is 260 Å². The SMILES string of the molecule is CC(=O)N[C@H]1[C@H](O[C@H]2[C@H](O)[C@@H](NC(C)=O)C(O)O[C@@H]2CO[C@@H]2O[C@@H](C)[C@@H](O)[C@@H](O)[C@@H]2O)O[C@H](CO)[C@@H](O[C@@H]2O[C@H](CO[C@H]3O[C@H](CO)[C@@H](O)[C@H](O)[C@@H]3O[C@@H]3O[C@H](CO)[C@@H](O[C@@H]4O[C@H](CO[C@]5(C(=O)O)C[C@H](O)[C@@H](NC(C)=O)[C@H]([C@H](O)[C@H](O)CO)O5)[C@H](O)[C@H](O)[C@H]4O)[C@H](O)[C@H]3NC(C)=O)[C@@H](O)[C@H](O[C@H]3O[C@H](CO)[C@@H](O)[C@H](O)[C@@H]3O[C@@H]3O[C@H](CO)[C@@H](O)[C@H](O)[C@H]3NC(C)=O)[C@@H]2O)[C@@H]1O. The van der Waals surface area contributed by atoms with Gasteiger partial charge in [-0.3, -0.25) is 24.0 Å². The van der Waals surface area contributed by atoms with Crippen molar-refractivity contribution >= 4 is 35.5 Å². The number of carboxylic acid groups (broad SMARTS) is 1. The maximum absolute atomic E-state index is 13.3. The summed E-state index contributed by atoms with van der Waals surface area (Å²) in [6.45, 7) is -4.48. The van der Waals surface area contributed by atoms with Crippen molar-refractivity contribution < 1.29 is 262 Å². The molecule has 10 rings (SSSR count). The molecule has 5 amide bonds. The molecule has 0 aromatic rings. The first kappa shape index (κ1) is 108. The average molecular weight is 1920 g/mol. The molecule has 0 radical (unpaired) electrons. The number of carboxylic acids is 1. The predicted octanol–water partition coefficient (Wildman–Crippen LogP) is -21.9. The van der Waals surface area contributed by atoms with Crippen LogP contribution >= 0.6 is 0 Å². The summed E-state index contributed by atoms with van der Waals surface area (Å²) in [6, 6.07) is -9.38. The lowest BCUT2D eigenvalue weighted by atomic mass is 9.88. The molecular weight excluding hydrogens is 1790 g/mol. The number of aliphatic hydroxyl groups excluding tert-OH is 27. The maximum atomic E-state index is 13.3. The molecular formula is C73H121N5O53. The van der Waals surface area contributed by atoms with Crippen LogP contribution in [0, 0.1) is 0 Å². The van der Waals surface area contributed by atoms with Crippen molar-refractivity contribution in [3.63, 3.8) is 0 Å². The van der Waals surface area contributed by atoms with Crippen molar-refractivity contribution in [2.24, 2.45) is 0 Å². The number of rotatable bonds is 35. The van der Waals surface area contributed by atoms with Gasteiger partial charge in [0.05, 0.1) is 77.7 Å². The van der Waals surface area contributed by atoms with Gasteiger partial charge in [-0.25, -0.2) is 4.79 Å². The standard InChI is InChI=1S/C73H121N5O53/c1-17-38(92)49(103)53(107)67(116-17)113-15-32-58(46(100)34(63(110)117-32)75-19(3)86)125-65-36(77-21(5)88)47(101)57(29(13-84)121-65)127-69-55(109)60(128-71-62(52(106)42(96)27(11-82)120-71)130-64-35(76-20(4)87)45(99)40(94)25(9-80)118-64)44(98)30(123-69)14-114-70-61(51(105)41(95)26(10-81)119-70)129-66-37(78-22(6)89)48(102)56(28(12-83)122-66)126-68-54(108)50(104)43(97)31(124-68)16-115-73(72(111)112)7-23(90)33(74-18(2)85)59(131-73)39(93)24(91)8-79/h17,23-71,79-84,90-110H,7-16H2,1-6H3,(H,74,85)(H,75,86)(H,76,87)(H,77,88)(H,78,89)(H,111,112)/t17-,23-,24+,25+,26+,27+,28+,29+,30+,31+,32+,33+,34+,35+,36+,37+,38+,39+,40+,41+,42+,43-,44+,45+,46+,47+,48+,49+,50-,51-,52-,53-,54+,55-,56+,57+,58+,59+,60-,61-,62-,63?,64-,65-,66-,67+,68-,69-,70-,71+,73+/m0/s1. The van der Waals surface area contributed by atoms with Gasteiger partial charge in [-0.1, -0.05) is 0 Å². The fraction of sp³-hybridized carbons (Fsp3) is 0.918. The van der Waals surface area contributed by atoms with Crippen LogP contribution in [-0.2, 0) is 119 Å². The third kappa shape index (κ3) is 24.3. The van der Waals surface area contributed by atoms with Crippen molar-refractivity contribution in [2.45, 2.75) is 360 Å². The van der Waals surface area contributed by atoms with Crippen LogP contribution in [0.25, 0.3) is 0 Å². The summed E-state index contributed by atoms with van der Waals surface area (Å²) in [6.07, 6.45) is -97.2. The Morgan fingerprint density at radius 3 is 1.16 bits per heavy atom. The second-order valence-electron chi connectivity index (χ2n) is 33.2. The number of amides is 5. The largest absolute Gasteiger partial charge is 0.477 e. The first-order valence-corrected chi connectivity index (χ1v) is 41.6. The van der Waals surface area contributed by atoms with Crippen molar-refractivity contribution in [3.05, 3.63) is 0 Å². The summed E-state index contributed by atoms with van der Waals surface area (Å²) in [5.74, 6) is -9.78. The number of aliphatic hydroxyl groups is 27. The Balaban J connectivity index is 0.948. The number of ether oxygens (including phenoxy) is 19. The van der Waals surface area contributed by atoms with Crippen LogP contribution in [0.5, 0.6) is 0 Å². The molecule has 0 bridgehead atoms. The molecule has 0 spiro atoms. The van der Waals surface area contributed by atoms with Crippen LogP contribution in [0.2, 0.25) is 0 Å². The molecule has 51 atom stereocenters. The van der Waals surface area contributed by atoms with E-state index in [4.69, 9.17) is 90.0 Å². The van der Waals surface area contributed by atoms with Crippen LogP contribution in [0.15, 0.2) is 0 Å². The monoisotopic (exact) mass is 1920 g/mol. The zero-order valence-corrected chi connectivity index (χ0v) is 70.7. The zero-order valence-electron chi connectivity index (χ0n) is 70.7. The predicted molar refractivity (Wildman–Crippen MR) is 403 cm³/mol. The highest BCUT2D eigenvalue weighted by Crippen LogP contribution is 2.42.